The third kappa shape index (κ3) is 2.19. The first-order valence-electron chi connectivity index (χ1n) is 6.94. The van der Waals surface area contributed by atoms with E-state index in [1.165, 1.54) is 44.3 Å². The number of para-hydroxylation sites is 1. The van der Waals surface area contributed by atoms with Crippen molar-refractivity contribution in [3.05, 3.63) is 29.8 Å². The van der Waals surface area contributed by atoms with Crippen LogP contribution in [-0.2, 0) is 0 Å². The van der Waals surface area contributed by atoms with Gasteiger partial charge in [0, 0.05) is 24.8 Å². The fourth-order valence-corrected chi connectivity index (χ4v) is 3.07. The molecule has 1 aliphatic carbocycles. The van der Waals surface area contributed by atoms with E-state index in [0.29, 0.717) is 6.04 Å². The van der Waals surface area contributed by atoms with Gasteiger partial charge >= 0.3 is 0 Å². The first-order chi connectivity index (χ1) is 8.34. The molecular weight excluding hydrogens is 208 g/mol. The zero-order chi connectivity index (χ0) is 11.7. The molecular formula is C15H22N2. The van der Waals surface area contributed by atoms with E-state index in [-0.39, 0.29) is 0 Å². The maximum Gasteiger partial charge on any atom is 0.0402 e. The molecule has 2 N–H and O–H groups in total. The van der Waals surface area contributed by atoms with Crippen LogP contribution in [-0.4, -0.2) is 19.1 Å². The highest BCUT2D eigenvalue weighted by molar-refractivity contribution is 5.56. The van der Waals surface area contributed by atoms with Gasteiger partial charge in [-0.2, -0.15) is 0 Å². The molecule has 0 spiro atoms. The van der Waals surface area contributed by atoms with E-state index in [1.54, 1.807) is 5.56 Å². The summed E-state index contributed by atoms with van der Waals surface area (Å²) >= 11 is 0. The van der Waals surface area contributed by atoms with Gasteiger partial charge in [-0.15, -0.1) is 0 Å². The van der Waals surface area contributed by atoms with Crippen molar-refractivity contribution in [3.63, 3.8) is 0 Å². The quantitative estimate of drug-likeness (QED) is 0.846. The van der Waals surface area contributed by atoms with Crippen LogP contribution in [0.4, 0.5) is 5.69 Å². The van der Waals surface area contributed by atoms with E-state index >= 15 is 0 Å². The Kier molecular flexibility index (Phi) is 3.06. The van der Waals surface area contributed by atoms with Gasteiger partial charge in [0.2, 0.25) is 0 Å². The Morgan fingerprint density at radius 1 is 1.06 bits per heavy atom. The van der Waals surface area contributed by atoms with E-state index in [9.17, 15) is 0 Å². The summed E-state index contributed by atoms with van der Waals surface area (Å²) in [6.45, 7) is 2.21. The lowest BCUT2D eigenvalue weighted by atomic mass is 9.79. The Labute approximate surface area is 104 Å². The van der Waals surface area contributed by atoms with Crippen LogP contribution in [0.15, 0.2) is 24.3 Å². The number of benzene rings is 1. The molecule has 1 aromatic rings. The Morgan fingerprint density at radius 3 is 2.59 bits per heavy atom. The number of nitrogens with two attached hydrogens (primary N) is 1. The summed E-state index contributed by atoms with van der Waals surface area (Å²) in [6.07, 6.45) is 6.56. The summed E-state index contributed by atoms with van der Waals surface area (Å²) in [7, 11) is 0. The van der Waals surface area contributed by atoms with Crippen molar-refractivity contribution >= 4 is 5.69 Å². The third-order valence-corrected chi connectivity index (χ3v) is 4.28. The van der Waals surface area contributed by atoms with Gasteiger partial charge < -0.3 is 10.6 Å². The average Bonchev–Trinajstić information content (AvgIpc) is 2.27. The monoisotopic (exact) mass is 230 g/mol. The van der Waals surface area contributed by atoms with Gasteiger partial charge in [0.25, 0.3) is 0 Å². The molecule has 0 amide bonds. The predicted octanol–water partition coefficient (Wildman–Crippen LogP) is 2.88. The molecule has 2 fully saturated rings. The lowest BCUT2D eigenvalue weighted by molar-refractivity contribution is 0.417. The first-order valence-corrected chi connectivity index (χ1v) is 6.94. The molecule has 2 heteroatoms. The molecule has 0 bridgehead atoms. The third-order valence-electron chi connectivity index (χ3n) is 4.28. The minimum absolute atomic E-state index is 0.359. The van der Waals surface area contributed by atoms with E-state index < -0.39 is 0 Å². The number of rotatable bonds is 2. The van der Waals surface area contributed by atoms with Crippen molar-refractivity contribution < 1.29 is 0 Å². The molecule has 2 aliphatic rings. The summed E-state index contributed by atoms with van der Waals surface area (Å²) in [5, 5.41) is 0. The lowest BCUT2D eigenvalue weighted by Gasteiger charge is -2.37. The molecule has 1 aromatic carbocycles. The van der Waals surface area contributed by atoms with Gasteiger partial charge in [-0.25, -0.2) is 0 Å². The molecule has 17 heavy (non-hydrogen) atoms. The van der Waals surface area contributed by atoms with Gasteiger partial charge in [-0.05, 0) is 43.2 Å². The van der Waals surface area contributed by atoms with Crippen LogP contribution in [0.5, 0.6) is 0 Å². The molecule has 2 nitrogen and oxygen atoms in total. The molecule has 1 saturated carbocycles. The maximum atomic E-state index is 6.09. The molecule has 92 valence electrons. The van der Waals surface area contributed by atoms with Crippen LogP contribution < -0.4 is 10.6 Å². The minimum Gasteiger partial charge on any atom is -0.370 e. The van der Waals surface area contributed by atoms with E-state index in [1.807, 2.05) is 0 Å². The van der Waals surface area contributed by atoms with Crippen molar-refractivity contribution in [3.8, 4) is 0 Å². The highest BCUT2D eigenvalue weighted by Gasteiger charge is 2.25. The normalized spacial score (nSPS) is 25.7. The molecule has 1 heterocycles. The van der Waals surface area contributed by atoms with Crippen molar-refractivity contribution in [2.24, 2.45) is 5.73 Å². The van der Waals surface area contributed by atoms with Gasteiger partial charge in [-0.1, -0.05) is 24.6 Å². The second kappa shape index (κ2) is 4.69. The summed E-state index contributed by atoms with van der Waals surface area (Å²) in [6, 6.07) is 9.31. The molecule has 3 rings (SSSR count). The Hall–Kier alpha value is -1.02. The number of nitrogens with zero attached hydrogens (tertiary/aromatic N) is 1. The van der Waals surface area contributed by atoms with Gasteiger partial charge in [0.05, 0.1) is 0 Å². The second-order valence-electron chi connectivity index (χ2n) is 5.53. The number of anilines is 1. The SMILES string of the molecule is NC1CCCN(c2ccccc2C2CCC2)C1. The molecule has 1 unspecified atom stereocenters. The van der Waals surface area contributed by atoms with Crippen LogP contribution in [0.2, 0.25) is 0 Å². The summed E-state index contributed by atoms with van der Waals surface area (Å²) < 4.78 is 0. The molecule has 0 aromatic heterocycles. The van der Waals surface area contributed by atoms with Crippen molar-refractivity contribution in [1.29, 1.82) is 0 Å². The Bertz CT molecular complexity index is 384. The zero-order valence-corrected chi connectivity index (χ0v) is 10.4. The van der Waals surface area contributed by atoms with Crippen LogP contribution in [0.1, 0.15) is 43.6 Å². The van der Waals surface area contributed by atoms with E-state index in [4.69, 9.17) is 5.73 Å². The fourth-order valence-electron chi connectivity index (χ4n) is 3.07. The minimum atomic E-state index is 0.359. The summed E-state index contributed by atoms with van der Waals surface area (Å²) in [4.78, 5) is 2.50. The largest absolute Gasteiger partial charge is 0.370 e. The van der Waals surface area contributed by atoms with Crippen LogP contribution in [0, 0.1) is 0 Å². The topological polar surface area (TPSA) is 29.3 Å². The van der Waals surface area contributed by atoms with E-state index in [2.05, 4.69) is 29.2 Å². The van der Waals surface area contributed by atoms with Crippen molar-refractivity contribution in [1.82, 2.24) is 0 Å². The highest BCUT2D eigenvalue weighted by Crippen LogP contribution is 2.41. The van der Waals surface area contributed by atoms with Gasteiger partial charge in [0.15, 0.2) is 0 Å². The summed E-state index contributed by atoms with van der Waals surface area (Å²) in [5.41, 5.74) is 9.11. The van der Waals surface area contributed by atoms with Crippen LogP contribution in [0.25, 0.3) is 0 Å². The molecule has 0 radical (unpaired) electrons. The lowest BCUT2D eigenvalue weighted by Crippen LogP contribution is -2.43. The fraction of sp³-hybridized carbons (Fsp3) is 0.600. The number of hydrogen-bond acceptors (Lipinski definition) is 2. The standard InChI is InChI=1S/C15H22N2/c16-13-7-4-10-17(11-13)15-9-2-1-8-14(15)12-5-3-6-12/h1-2,8-9,12-13H,3-7,10-11,16H2. The zero-order valence-electron chi connectivity index (χ0n) is 10.4. The van der Waals surface area contributed by atoms with Crippen LogP contribution in [0.3, 0.4) is 0 Å². The highest BCUT2D eigenvalue weighted by atomic mass is 15.2. The summed E-state index contributed by atoms with van der Waals surface area (Å²) in [5.74, 6) is 0.810. The van der Waals surface area contributed by atoms with Crippen molar-refractivity contribution in [2.75, 3.05) is 18.0 Å². The van der Waals surface area contributed by atoms with Crippen LogP contribution >= 0.6 is 0 Å². The number of hydrogen-bond donors (Lipinski definition) is 1. The Balaban J connectivity index is 1.85. The smallest absolute Gasteiger partial charge is 0.0402 e. The maximum absolute atomic E-state index is 6.09. The Morgan fingerprint density at radius 2 is 1.88 bits per heavy atom. The molecule has 1 atom stereocenters. The average molecular weight is 230 g/mol. The van der Waals surface area contributed by atoms with Gasteiger partial charge in [-0.3, -0.25) is 0 Å². The van der Waals surface area contributed by atoms with E-state index in [0.717, 1.165) is 12.5 Å². The second-order valence-corrected chi connectivity index (χ2v) is 5.53. The first kappa shape index (κ1) is 11.1. The number of piperidine rings is 1. The van der Waals surface area contributed by atoms with Crippen molar-refractivity contribution in [2.45, 2.75) is 44.1 Å². The molecule has 1 saturated heterocycles. The molecule has 1 aliphatic heterocycles. The van der Waals surface area contributed by atoms with Gasteiger partial charge in [0.1, 0.15) is 0 Å². The predicted molar refractivity (Wildman–Crippen MR) is 72.5 cm³/mol.